The van der Waals surface area contributed by atoms with E-state index in [0.717, 1.165) is 0 Å². The van der Waals surface area contributed by atoms with E-state index in [1.54, 1.807) is 25.1 Å². The Morgan fingerprint density at radius 3 is 2.60 bits per heavy atom. The fraction of sp³-hybridized carbons (Fsp3) is 0.231. The standard InChI is InChI=1S/C26H23ClFN5O2/c1-5-35-23-10-21-18(9-22(23)33-25(34)15(12-29)11-26(2,3)4)24(16(13-30)14-31-21)32-17-6-7-20(28)19(27)8-17/h6-11,14H,5H2,1-4H3,(H,31,32)(H,33,34). The van der Waals surface area contributed by atoms with Crippen molar-refractivity contribution in [1.82, 2.24) is 4.98 Å². The number of anilines is 3. The third-order valence-corrected chi connectivity index (χ3v) is 5.06. The van der Waals surface area contributed by atoms with Gasteiger partial charge >= 0.3 is 0 Å². The van der Waals surface area contributed by atoms with Gasteiger partial charge in [0.25, 0.3) is 5.91 Å². The maximum atomic E-state index is 13.6. The summed E-state index contributed by atoms with van der Waals surface area (Å²) in [5.74, 6) is -0.804. The zero-order valence-corrected chi connectivity index (χ0v) is 20.4. The number of amides is 1. The molecule has 0 spiro atoms. The van der Waals surface area contributed by atoms with Crippen LogP contribution in [0.3, 0.4) is 0 Å². The van der Waals surface area contributed by atoms with E-state index in [4.69, 9.17) is 16.3 Å². The molecule has 0 aliphatic carbocycles. The minimum absolute atomic E-state index is 0.0387. The Labute approximate surface area is 207 Å². The predicted molar refractivity (Wildman–Crippen MR) is 134 cm³/mol. The highest BCUT2D eigenvalue weighted by Crippen LogP contribution is 2.37. The Morgan fingerprint density at radius 1 is 1.26 bits per heavy atom. The van der Waals surface area contributed by atoms with Gasteiger partial charge in [-0.25, -0.2) is 4.39 Å². The average Bonchev–Trinajstić information content (AvgIpc) is 2.80. The van der Waals surface area contributed by atoms with Gasteiger partial charge in [0.2, 0.25) is 0 Å². The second kappa shape index (κ2) is 10.4. The normalized spacial score (nSPS) is 11.5. The monoisotopic (exact) mass is 491 g/mol. The molecule has 0 unspecified atom stereocenters. The number of hydrogen-bond donors (Lipinski definition) is 2. The van der Waals surface area contributed by atoms with E-state index in [1.165, 1.54) is 24.4 Å². The first-order valence-corrected chi connectivity index (χ1v) is 11.1. The molecule has 0 aliphatic rings. The molecule has 7 nitrogen and oxygen atoms in total. The number of nitrogens with one attached hydrogen (secondary N) is 2. The molecule has 0 aliphatic heterocycles. The number of carbonyl (C=O) groups is 1. The predicted octanol–water partition coefficient (Wildman–Crippen LogP) is 6.48. The minimum Gasteiger partial charge on any atom is -0.492 e. The molecule has 0 radical (unpaired) electrons. The van der Waals surface area contributed by atoms with Crippen LogP contribution in [0.4, 0.5) is 21.5 Å². The number of carbonyl (C=O) groups excluding carboxylic acids is 1. The summed E-state index contributed by atoms with van der Waals surface area (Å²) in [5, 5.41) is 25.4. The first-order chi connectivity index (χ1) is 16.6. The van der Waals surface area contributed by atoms with Crippen LogP contribution in [0.15, 0.2) is 48.2 Å². The van der Waals surface area contributed by atoms with Gasteiger partial charge in [0, 0.05) is 23.3 Å². The third-order valence-electron chi connectivity index (χ3n) is 4.77. The van der Waals surface area contributed by atoms with Crippen molar-refractivity contribution in [3.8, 4) is 17.9 Å². The van der Waals surface area contributed by atoms with Gasteiger partial charge < -0.3 is 15.4 Å². The smallest absolute Gasteiger partial charge is 0.266 e. The van der Waals surface area contributed by atoms with E-state index in [1.807, 2.05) is 26.8 Å². The summed E-state index contributed by atoms with van der Waals surface area (Å²) in [6.07, 6.45) is 2.99. The van der Waals surface area contributed by atoms with E-state index < -0.39 is 11.7 Å². The molecular weight excluding hydrogens is 469 g/mol. The van der Waals surface area contributed by atoms with Gasteiger partial charge in [0.1, 0.15) is 29.3 Å². The van der Waals surface area contributed by atoms with E-state index in [0.29, 0.717) is 40.3 Å². The van der Waals surface area contributed by atoms with Crippen molar-refractivity contribution < 1.29 is 13.9 Å². The molecule has 1 heterocycles. The summed E-state index contributed by atoms with van der Waals surface area (Å²) in [7, 11) is 0. The van der Waals surface area contributed by atoms with Crippen molar-refractivity contribution >= 4 is 45.5 Å². The van der Waals surface area contributed by atoms with Gasteiger partial charge in [-0.2, -0.15) is 10.5 Å². The number of allylic oxidation sites excluding steroid dienone is 1. The molecule has 3 aromatic rings. The Morgan fingerprint density at radius 2 is 2.00 bits per heavy atom. The SMILES string of the molecule is CCOc1cc2ncc(C#N)c(Nc3ccc(F)c(Cl)c3)c2cc1NC(=O)C(C#N)=CC(C)(C)C. The lowest BCUT2D eigenvalue weighted by molar-refractivity contribution is -0.112. The third kappa shape index (κ3) is 6.06. The summed E-state index contributed by atoms with van der Waals surface area (Å²) in [4.78, 5) is 17.2. The van der Waals surface area contributed by atoms with E-state index in [-0.39, 0.29) is 21.6 Å². The molecule has 35 heavy (non-hydrogen) atoms. The highest BCUT2D eigenvalue weighted by Gasteiger charge is 2.19. The Kier molecular flexibility index (Phi) is 7.58. The lowest BCUT2D eigenvalue weighted by atomic mass is 9.93. The maximum Gasteiger partial charge on any atom is 0.266 e. The zero-order valence-electron chi connectivity index (χ0n) is 19.7. The number of nitriles is 2. The van der Waals surface area contributed by atoms with Crippen LogP contribution in [-0.4, -0.2) is 17.5 Å². The fourth-order valence-corrected chi connectivity index (χ4v) is 3.48. The topological polar surface area (TPSA) is 111 Å². The number of benzene rings is 2. The summed E-state index contributed by atoms with van der Waals surface area (Å²) in [6.45, 7) is 7.77. The van der Waals surface area contributed by atoms with Crippen LogP contribution < -0.4 is 15.4 Å². The van der Waals surface area contributed by atoms with Crippen molar-refractivity contribution in [1.29, 1.82) is 10.5 Å². The van der Waals surface area contributed by atoms with Gasteiger partial charge in [-0.05, 0) is 36.6 Å². The molecule has 0 saturated carbocycles. The summed E-state index contributed by atoms with van der Waals surface area (Å²) < 4.78 is 19.3. The second-order valence-electron chi connectivity index (χ2n) is 8.70. The number of hydrogen-bond acceptors (Lipinski definition) is 6. The molecular formula is C26H23ClFN5O2. The molecule has 178 valence electrons. The van der Waals surface area contributed by atoms with Crippen molar-refractivity contribution in [3.05, 3.63) is 64.6 Å². The lowest BCUT2D eigenvalue weighted by Crippen LogP contribution is -2.16. The Hall–Kier alpha value is -4.14. The van der Waals surface area contributed by atoms with Gasteiger partial charge in [-0.3, -0.25) is 9.78 Å². The molecule has 3 rings (SSSR count). The van der Waals surface area contributed by atoms with Crippen molar-refractivity contribution in [2.75, 3.05) is 17.2 Å². The quantitative estimate of drug-likeness (QED) is 0.301. The zero-order chi connectivity index (χ0) is 25.8. The molecule has 0 saturated heterocycles. The maximum absolute atomic E-state index is 13.6. The molecule has 9 heteroatoms. The molecule has 2 N–H and O–H groups in total. The fourth-order valence-electron chi connectivity index (χ4n) is 3.30. The average molecular weight is 492 g/mol. The first kappa shape index (κ1) is 25.5. The van der Waals surface area contributed by atoms with Crippen molar-refractivity contribution in [2.24, 2.45) is 5.41 Å². The van der Waals surface area contributed by atoms with Crippen molar-refractivity contribution in [2.45, 2.75) is 27.7 Å². The number of rotatable bonds is 6. The lowest BCUT2D eigenvalue weighted by Gasteiger charge is -2.17. The molecule has 0 bridgehead atoms. The first-order valence-electron chi connectivity index (χ1n) is 10.7. The number of ether oxygens (including phenoxy) is 1. The Balaban J connectivity index is 2.15. The summed E-state index contributed by atoms with van der Waals surface area (Å²) in [5.41, 5.74) is 1.45. The van der Waals surface area contributed by atoms with E-state index >= 15 is 0 Å². The van der Waals surface area contributed by atoms with Crippen LogP contribution in [0.1, 0.15) is 33.3 Å². The van der Waals surface area contributed by atoms with Crippen LogP contribution in [0.2, 0.25) is 5.02 Å². The highest BCUT2D eigenvalue weighted by molar-refractivity contribution is 6.31. The van der Waals surface area contributed by atoms with Gasteiger partial charge in [0.15, 0.2) is 0 Å². The van der Waals surface area contributed by atoms with E-state index in [2.05, 4.69) is 21.7 Å². The van der Waals surface area contributed by atoms with Crippen LogP contribution in [0.5, 0.6) is 5.75 Å². The largest absolute Gasteiger partial charge is 0.492 e. The molecule has 0 fully saturated rings. The molecule has 1 amide bonds. The van der Waals surface area contributed by atoms with Gasteiger partial charge in [0.05, 0.1) is 34.1 Å². The van der Waals surface area contributed by atoms with Crippen LogP contribution in [-0.2, 0) is 4.79 Å². The number of fused-ring (bicyclic) bond motifs is 1. The number of aromatic nitrogens is 1. The molecule has 2 aromatic carbocycles. The van der Waals surface area contributed by atoms with Crippen molar-refractivity contribution in [3.63, 3.8) is 0 Å². The summed E-state index contributed by atoms with van der Waals surface area (Å²) >= 11 is 5.91. The number of halogens is 2. The second-order valence-corrected chi connectivity index (χ2v) is 9.11. The molecule has 1 aromatic heterocycles. The number of nitrogens with zero attached hydrogens (tertiary/aromatic N) is 3. The summed E-state index contributed by atoms with van der Waals surface area (Å²) in [6, 6.07) is 11.4. The van der Waals surface area contributed by atoms with Gasteiger partial charge in [-0.15, -0.1) is 0 Å². The minimum atomic E-state index is -0.591. The highest BCUT2D eigenvalue weighted by atomic mass is 35.5. The van der Waals surface area contributed by atoms with E-state index in [9.17, 15) is 19.7 Å². The van der Waals surface area contributed by atoms with Crippen LogP contribution in [0, 0.1) is 33.9 Å². The van der Waals surface area contributed by atoms with Crippen LogP contribution in [0.25, 0.3) is 10.9 Å². The van der Waals surface area contributed by atoms with Gasteiger partial charge in [-0.1, -0.05) is 38.4 Å². The van der Waals surface area contributed by atoms with Crippen LogP contribution >= 0.6 is 11.6 Å². The Bertz CT molecular complexity index is 1410. The molecule has 0 atom stereocenters. The number of pyridine rings is 1.